The molecule has 0 radical (unpaired) electrons. The van der Waals surface area contributed by atoms with Crippen molar-refractivity contribution < 1.29 is 24.2 Å². The number of carboxylic acids is 1. The number of anilines is 1. The van der Waals surface area contributed by atoms with Gasteiger partial charge in [0.15, 0.2) is 0 Å². The van der Waals surface area contributed by atoms with Crippen LogP contribution in [0.4, 0.5) is 10.5 Å². The van der Waals surface area contributed by atoms with Gasteiger partial charge in [0.05, 0.1) is 12.5 Å². The number of likely N-dealkylation sites (tertiary alicyclic amines) is 1. The number of benzene rings is 1. The van der Waals surface area contributed by atoms with Crippen molar-refractivity contribution in [1.29, 1.82) is 0 Å². The minimum absolute atomic E-state index is 0.226. The van der Waals surface area contributed by atoms with E-state index < -0.39 is 17.9 Å². The third-order valence-corrected chi connectivity index (χ3v) is 5.34. The maximum Gasteiger partial charge on any atom is 0.326 e. The van der Waals surface area contributed by atoms with E-state index in [2.05, 4.69) is 10.6 Å². The van der Waals surface area contributed by atoms with Crippen molar-refractivity contribution in [2.24, 2.45) is 11.8 Å². The number of carbonyl (C=O) groups is 3. The molecular weight excluding hydrogens is 362 g/mol. The normalized spacial score (nSPS) is 23.5. The third kappa shape index (κ3) is 5.22. The summed E-state index contributed by atoms with van der Waals surface area (Å²) < 4.78 is 5.37. The molecule has 0 bridgehead atoms. The highest BCUT2D eigenvalue weighted by Gasteiger charge is 2.35. The summed E-state index contributed by atoms with van der Waals surface area (Å²) in [6.45, 7) is 1.82. The van der Waals surface area contributed by atoms with Crippen LogP contribution in [0.5, 0.6) is 0 Å². The van der Waals surface area contributed by atoms with Crippen LogP contribution in [0, 0.1) is 11.8 Å². The number of hydrogen-bond acceptors (Lipinski definition) is 4. The van der Waals surface area contributed by atoms with Crippen molar-refractivity contribution in [3.63, 3.8) is 0 Å². The highest BCUT2D eigenvalue weighted by Crippen LogP contribution is 2.21. The summed E-state index contributed by atoms with van der Waals surface area (Å²) in [5.74, 6) is -1.99. The standard InChI is InChI=1S/C20H27N3O5/c24-18(22-17(19(25)26)15-7-5-11-28-13-15)14-6-4-10-23(12-14)20(27)21-16-8-2-1-3-9-16/h1-3,8-9,14-15,17H,4-7,10-13H2,(H,21,27)(H,22,24)(H,25,26). The van der Waals surface area contributed by atoms with Crippen LogP contribution >= 0.6 is 0 Å². The molecule has 152 valence electrons. The van der Waals surface area contributed by atoms with Gasteiger partial charge in [0.2, 0.25) is 5.91 Å². The molecule has 3 N–H and O–H groups in total. The number of carbonyl (C=O) groups excluding carboxylic acids is 2. The van der Waals surface area contributed by atoms with E-state index in [9.17, 15) is 19.5 Å². The monoisotopic (exact) mass is 389 g/mol. The second kappa shape index (κ2) is 9.54. The van der Waals surface area contributed by atoms with Crippen LogP contribution in [0.15, 0.2) is 30.3 Å². The SMILES string of the molecule is O=C(NC(C(=O)O)C1CCCOC1)C1CCCN(C(=O)Nc2ccccc2)C1. The Morgan fingerprint density at radius 2 is 1.93 bits per heavy atom. The Bertz CT molecular complexity index is 690. The molecule has 8 heteroatoms. The minimum atomic E-state index is -1.04. The molecule has 1 aromatic rings. The molecule has 3 atom stereocenters. The predicted octanol–water partition coefficient (Wildman–Crippen LogP) is 1.93. The van der Waals surface area contributed by atoms with Crippen molar-refractivity contribution in [3.05, 3.63) is 30.3 Å². The average Bonchev–Trinajstić information content (AvgIpc) is 2.73. The van der Waals surface area contributed by atoms with E-state index >= 15 is 0 Å². The smallest absolute Gasteiger partial charge is 0.326 e. The van der Waals surface area contributed by atoms with Gasteiger partial charge in [-0.05, 0) is 37.8 Å². The van der Waals surface area contributed by atoms with E-state index in [-0.39, 0.29) is 24.4 Å². The van der Waals surface area contributed by atoms with Crippen molar-refractivity contribution in [2.75, 3.05) is 31.6 Å². The van der Waals surface area contributed by atoms with Gasteiger partial charge in [-0.3, -0.25) is 4.79 Å². The Balaban J connectivity index is 1.57. The second-order valence-corrected chi connectivity index (χ2v) is 7.38. The molecule has 0 saturated carbocycles. The maximum absolute atomic E-state index is 12.7. The summed E-state index contributed by atoms with van der Waals surface area (Å²) in [4.78, 5) is 38.5. The molecule has 0 aromatic heterocycles. The lowest BCUT2D eigenvalue weighted by molar-refractivity contribution is -0.146. The van der Waals surface area contributed by atoms with Crippen LogP contribution in [-0.2, 0) is 14.3 Å². The Labute approximate surface area is 164 Å². The fourth-order valence-electron chi connectivity index (χ4n) is 3.78. The van der Waals surface area contributed by atoms with Gasteiger partial charge in [-0.25, -0.2) is 9.59 Å². The zero-order valence-corrected chi connectivity index (χ0v) is 15.8. The van der Waals surface area contributed by atoms with E-state index in [1.807, 2.05) is 18.2 Å². The highest BCUT2D eigenvalue weighted by molar-refractivity contribution is 5.90. The number of carboxylic acid groups (broad SMARTS) is 1. The number of para-hydroxylation sites is 1. The Hall–Kier alpha value is -2.61. The maximum atomic E-state index is 12.7. The number of hydrogen-bond donors (Lipinski definition) is 3. The molecule has 2 aliphatic rings. The number of urea groups is 1. The fraction of sp³-hybridized carbons (Fsp3) is 0.550. The summed E-state index contributed by atoms with van der Waals surface area (Å²) >= 11 is 0. The van der Waals surface area contributed by atoms with Crippen molar-refractivity contribution in [2.45, 2.75) is 31.7 Å². The van der Waals surface area contributed by atoms with Crippen LogP contribution in [0.3, 0.4) is 0 Å². The van der Waals surface area contributed by atoms with Crippen molar-refractivity contribution >= 4 is 23.6 Å². The van der Waals surface area contributed by atoms with Gasteiger partial charge in [0.25, 0.3) is 0 Å². The lowest BCUT2D eigenvalue weighted by atomic mass is 9.92. The van der Waals surface area contributed by atoms with Gasteiger partial charge < -0.3 is 25.4 Å². The van der Waals surface area contributed by atoms with Gasteiger partial charge in [0, 0.05) is 31.3 Å². The Morgan fingerprint density at radius 1 is 1.14 bits per heavy atom. The van der Waals surface area contributed by atoms with Gasteiger partial charge in [-0.15, -0.1) is 0 Å². The molecule has 2 saturated heterocycles. The molecule has 3 unspecified atom stereocenters. The fourth-order valence-corrected chi connectivity index (χ4v) is 3.78. The molecule has 0 aliphatic carbocycles. The summed E-state index contributed by atoms with van der Waals surface area (Å²) in [5.41, 5.74) is 0.697. The topological polar surface area (TPSA) is 108 Å². The predicted molar refractivity (Wildman–Crippen MR) is 103 cm³/mol. The van der Waals surface area contributed by atoms with E-state index in [1.54, 1.807) is 17.0 Å². The van der Waals surface area contributed by atoms with Crippen LogP contribution in [0.1, 0.15) is 25.7 Å². The number of nitrogens with zero attached hydrogens (tertiary/aromatic N) is 1. The lowest BCUT2D eigenvalue weighted by Crippen LogP contribution is -2.53. The van der Waals surface area contributed by atoms with Gasteiger partial charge in [0.1, 0.15) is 6.04 Å². The number of amides is 3. The number of aliphatic carboxylic acids is 1. The summed E-state index contributed by atoms with van der Waals surface area (Å²) in [6, 6.07) is 7.94. The van der Waals surface area contributed by atoms with Gasteiger partial charge >= 0.3 is 12.0 Å². The van der Waals surface area contributed by atoms with E-state index in [0.717, 1.165) is 6.42 Å². The Kier molecular flexibility index (Phi) is 6.86. The molecule has 3 amide bonds. The average molecular weight is 389 g/mol. The minimum Gasteiger partial charge on any atom is -0.480 e. The molecule has 0 spiro atoms. The molecule has 2 aliphatic heterocycles. The van der Waals surface area contributed by atoms with Crippen LogP contribution < -0.4 is 10.6 Å². The zero-order chi connectivity index (χ0) is 19.9. The van der Waals surface area contributed by atoms with Crippen LogP contribution in [-0.4, -0.2) is 60.3 Å². The van der Waals surface area contributed by atoms with E-state index in [0.29, 0.717) is 44.7 Å². The first kappa shape index (κ1) is 20.1. The number of rotatable bonds is 5. The summed E-state index contributed by atoms with van der Waals surface area (Å²) in [6.07, 6.45) is 2.84. The number of nitrogens with one attached hydrogen (secondary N) is 2. The van der Waals surface area contributed by atoms with Gasteiger partial charge in [-0.1, -0.05) is 18.2 Å². The first-order valence-corrected chi connectivity index (χ1v) is 9.76. The van der Waals surface area contributed by atoms with E-state index in [1.165, 1.54) is 0 Å². The van der Waals surface area contributed by atoms with E-state index in [4.69, 9.17) is 4.74 Å². The molecular formula is C20H27N3O5. The summed E-state index contributed by atoms with van der Waals surface area (Å²) in [7, 11) is 0. The second-order valence-electron chi connectivity index (χ2n) is 7.38. The summed E-state index contributed by atoms with van der Waals surface area (Å²) in [5, 5.41) is 15.0. The molecule has 8 nitrogen and oxygen atoms in total. The molecule has 3 rings (SSSR count). The van der Waals surface area contributed by atoms with Crippen molar-refractivity contribution in [1.82, 2.24) is 10.2 Å². The van der Waals surface area contributed by atoms with Crippen LogP contribution in [0.2, 0.25) is 0 Å². The largest absolute Gasteiger partial charge is 0.480 e. The lowest BCUT2D eigenvalue weighted by Gasteiger charge is -2.34. The third-order valence-electron chi connectivity index (χ3n) is 5.34. The molecule has 28 heavy (non-hydrogen) atoms. The number of piperidine rings is 1. The van der Waals surface area contributed by atoms with Crippen LogP contribution in [0.25, 0.3) is 0 Å². The van der Waals surface area contributed by atoms with Crippen molar-refractivity contribution in [3.8, 4) is 0 Å². The Morgan fingerprint density at radius 3 is 2.61 bits per heavy atom. The zero-order valence-electron chi connectivity index (χ0n) is 15.8. The first-order valence-electron chi connectivity index (χ1n) is 9.76. The molecule has 2 heterocycles. The van der Waals surface area contributed by atoms with Gasteiger partial charge in [-0.2, -0.15) is 0 Å². The highest BCUT2D eigenvalue weighted by atomic mass is 16.5. The molecule has 2 fully saturated rings. The molecule has 1 aromatic carbocycles. The number of ether oxygens (including phenoxy) is 1. The first-order chi connectivity index (χ1) is 13.5. The quantitative estimate of drug-likeness (QED) is 0.713.